The van der Waals surface area contributed by atoms with Crippen molar-refractivity contribution in [2.75, 3.05) is 26.2 Å². The highest BCUT2D eigenvalue weighted by molar-refractivity contribution is 7.89. The number of hydrogen-bond donors (Lipinski definition) is 0. The molecule has 5 rings (SSSR count). The Hall–Kier alpha value is -3.04. The third-order valence-electron chi connectivity index (χ3n) is 7.24. The Bertz CT molecular complexity index is 1350. The van der Waals surface area contributed by atoms with E-state index in [1.165, 1.54) is 29.8 Å². The van der Waals surface area contributed by atoms with Crippen molar-refractivity contribution in [2.24, 2.45) is 0 Å². The lowest BCUT2D eigenvalue weighted by atomic mass is 9.90. The number of fused-ring (bicyclic) bond motifs is 1. The van der Waals surface area contributed by atoms with E-state index in [1.807, 2.05) is 23.2 Å². The molecule has 2 aliphatic heterocycles. The quantitative estimate of drug-likeness (QED) is 0.504. The van der Waals surface area contributed by atoms with Crippen molar-refractivity contribution in [1.82, 2.24) is 18.8 Å². The Morgan fingerprint density at radius 3 is 2.29 bits per heavy atom. The second kappa shape index (κ2) is 9.54. The predicted molar refractivity (Wildman–Crippen MR) is 132 cm³/mol. The molecule has 0 spiro atoms. The summed E-state index contributed by atoms with van der Waals surface area (Å²) in [5, 5.41) is 4.38. The smallest absolute Gasteiger partial charge is 0.257 e. The van der Waals surface area contributed by atoms with E-state index in [4.69, 9.17) is 0 Å². The van der Waals surface area contributed by atoms with Crippen LogP contribution in [-0.4, -0.2) is 65.1 Å². The number of piperidine rings is 2. The monoisotopic (exact) mass is 494 g/mol. The molecule has 2 aromatic heterocycles. The molecule has 0 bridgehead atoms. The lowest BCUT2D eigenvalue weighted by molar-refractivity contribution is 0.0726. The zero-order valence-corrected chi connectivity index (χ0v) is 20.7. The van der Waals surface area contributed by atoms with Crippen LogP contribution in [-0.2, 0) is 10.0 Å². The molecule has 8 nitrogen and oxygen atoms in total. The van der Waals surface area contributed by atoms with Gasteiger partial charge in [0.15, 0.2) is 5.78 Å². The van der Waals surface area contributed by atoms with Crippen molar-refractivity contribution < 1.29 is 18.0 Å². The van der Waals surface area contributed by atoms with Crippen LogP contribution in [0.2, 0.25) is 0 Å². The number of rotatable bonds is 5. The molecule has 0 N–H and O–H groups in total. The zero-order chi connectivity index (χ0) is 24.6. The van der Waals surface area contributed by atoms with Crippen molar-refractivity contribution in [3.8, 4) is 0 Å². The maximum absolute atomic E-state index is 13.1. The first-order valence-electron chi connectivity index (χ1n) is 12.2. The molecule has 35 heavy (non-hydrogen) atoms. The average Bonchev–Trinajstić information content (AvgIpc) is 3.32. The summed E-state index contributed by atoms with van der Waals surface area (Å²) in [4.78, 5) is 26.7. The van der Waals surface area contributed by atoms with E-state index in [0.29, 0.717) is 37.1 Å². The summed E-state index contributed by atoms with van der Waals surface area (Å²) in [7, 11) is -3.61. The number of ketones is 1. The summed E-state index contributed by atoms with van der Waals surface area (Å²) in [5.74, 6) is 0.152. The van der Waals surface area contributed by atoms with Crippen LogP contribution in [0.3, 0.4) is 0 Å². The van der Waals surface area contributed by atoms with E-state index in [1.54, 1.807) is 22.8 Å². The second-order valence-corrected chi connectivity index (χ2v) is 11.4. The van der Waals surface area contributed by atoms with E-state index in [-0.39, 0.29) is 22.5 Å². The van der Waals surface area contributed by atoms with Crippen molar-refractivity contribution in [1.29, 1.82) is 0 Å². The summed E-state index contributed by atoms with van der Waals surface area (Å²) in [6.45, 7) is 3.89. The SMILES string of the molecule is CC(=O)c1ccc(S(=O)(=O)N2CCC(c3ccn4ncc(C(=O)N5CCCCC5)c4c3)CC2)cc1. The van der Waals surface area contributed by atoms with Gasteiger partial charge in [-0.05, 0) is 74.8 Å². The van der Waals surface area contributed by atoms with Gasteiger partial charge in [-0.3, -0.25) is 9.59 Å². The predicted octanol–water partition coefficient (Wildman–Crippen LogP) is 3.73. The summed E-state index contributed by atoms with van der Waals surface area (Å²) < 4.78 is 29.5. The standard InChI is InChI=1S/C26H30N4O4S/c1-19(31)20-5-7-23(8-6-20)35(33,34)29-14-9-21(10-15-29)22-11-16-30-25(17-22)24(18-27-30)26(32)28-12-3-2-4-13-28/h5-8,11,16-18,21H,2-4,9-10,12-15H2,1H3. The number of carbonyl (C=O) groups is 2. The zero-order valence-electron chi connectivity index (χ0n) is 19.9. The highest BCUT2D eigenvalue weighted by atomic mass is 32.2. The topological polar surface area (TPSA) is 92.1 Å². The third-order valence-corrected chi connectivity index (χ3v) is 9.16. The summed E-state index contributed by atoms with van der Waals surface area (Å²) >= 11 is 0. The van der Waals surface area contributed by atoms with Gasteiger partial charge in [0.2, 0.25) is 10.0 Å². The highest BCUT2D eigenvalue weighted by Crippen LogP contribution is 2.32. The van der Waals surface area contributed by atoms with Gasteiger partial charge in [-0.15, -0.1) is 0 Å². The fourth-order valence-corrected chi connectivity index (χ4v) is 6.59. The van der Waals surface area contributed by atoms with Gasteiger partial charge in [0.25, 0.3) is 5.91 Å². The molecule has 0 radical (unpaired) electrons. The van der Waals surface area contributed by atoms with E-state index >= 15 is 0 Å². The van der Waals surface area contributed by atoms with Crippen molar-refractivity contribution >= 4 is 27.2 Å². The molecule has 4 heterocycles. The van der Waals surface area contributed by atoms with Crippen LogP contribution in [0.4, 0.5) is 0 Å². The van der Waals surface area contributed by atoms with E-state index in [0.717, 1.165) is 37.0 Å². The van der Waals surface area contributed by atoms with Crippen LogP contribution < -0.4 is 0 Å². The Balaban J connectivity index is 1.30. The van der Waals surface area contributed by atoms with Crippen LogP contribution in [0.5, 0.6) is 0 Å². The number of pyridine rings is 1. The number of sulfonamides is 1. The third kappa shape index (κ3) is 4.62. The lowest BCUT2D eigenvalue weighted by Gasteiger charge is -2.31. The van der Waals surface area contributed by atoms with Crippen molar-refractivity contribution in [3.05, 3.63) is 65.5 Å². The fraction of sp³-hybridized carbons (Fsp3) is 0.423. The van der Waals surface area contributed by atoms with Gasteiger partial charge in [-0.25, -0.2) is 12.9 Å². The van der Waals surface area contributed by atoms with Gasteiger partial charge >= 0.3 is 0 Å². The van der Waals surface area contributed by atoms with E-state index < -0.39 is 10.0 Å². The van der Waals surface area contributed by atoms with Crippen molar-refractivity contribution in [3.63, 3.8) is 0 Å². The highest BCUT2D eigenvalue weighted by Gasteiger charge is 2.30. The van der Waals surface area contributed by atoms with Gasteiger partial charge in [0.05, 0.1) is 22.2 Å². The molecule has 1 amide bonds. The van der Waals surface area contributed by atoms with Gasteiger partial charge < -0.3 is 4.90 Å². The van der Waals surface area contributed by atoms with Crippen LogP contribution in [0.1, 0.15) is 71.2 Å². The van der Waals surface area contributed by atoms with Crippen LogP contribution in [0, 0.1) is 0 Å². The Kier molecular flexibility index (Phi) is 6.46. The van der Waals surface area contributed by atoms with Gasteiger partial charge in [0, 0.05) is 37.9 Å². The molecule has 0 atom stereocenters. The number of aromatic nitrogens is 2. The Labute approximate surface area is 205 Å². The maximum atomic E-state index is 13.1. The maximum Gasteiger partial charge on any atom is 0.257 e. The van der Waals surface area contributed by atoms with Crippen LogP contribution in [0.25, 0.3) is 5.52 Å². The number of nitrogens with zero attached hydrogens (tertiary/aromatic N) is 4. The van der Waals surface area contributed by atoms with E-state index in [9.17, 15) is 18.0 Å². The summed E-state index contributed by atoms with van der Waals surface area (Å²) in [6, 6.07) is 10.2. The molecule has 2 fully saturated rings. The molecular weight excluding hydrogens is 464 g/mol. The van der Waals surface area contributed by atoms with Crippen LogP contribution >= 0.6 is 0 Å². The molecule has 0 unspecified atom stereocenters. The lowest BCUT2D eigenvalue weighted by Crippen LogP contribution is -2.37. The molecule has 3 aromatic rings. The minimum absolute atomic E-state index is 0.0357. The minimum atomic E-state index is -3.61. The normalized spacial score (nSPS) is 18.1. The number of amides is 1. The molecular formula is C26H30N4O4S. The van der Waals surface area contributed by atoms with Gasteiger partial charge in [-0.2, -0.15) is 9.40 Å². The molecule has 2 saturated heterocycles. The molecule has 0 aliphatic carbocycles. The summed E-state index contributed by atoms with van der Waals surface area (Å²) in [6.07, 6.45) is 8.19. The molecule has 0 saturated carbocycles. The van der Waals surface area contributed by atoms with E-state index in [2.05, 4.69) is 5.10 Å². The Morgan fingerprint density at radius 2 is 1.63 bits per heavy atom. The number of likely N-dealkylation sites (tertiary alicyclic amines) is 1. The minimum Gasteiger partial charge on any atom is -0.339 e. The first kappa shape index (κ1) is 23.7. The Morgan fingerprint density at radius 1 is 0.943 bits per heavy atom. The fourth-order valence-electron chi connectivity index (χ4n) is 5.12. The largest absolute Gasteiger partial charge is 0.339 e. The molecule has 9 heteroatoms. The number of hydrogen-bond acceptors (Lipinski definition) is 5. The number of benzene rings is 1. The second-order valence-electron chi connectivity index (χ2n) is 9.46. The summed E-state index contributed by atoms with van der Waals surface area (Å²) in [5.41, 5.74) is 3.03. The number of Topliss-reactive ketones (excluding diaryl/α,β-unsaturated/α-hetero) is 1. The molecule has 184 valence electrons. The molecule has 2 aliphatic rings. The average molecular weight is 495 g/mol. The molecule has 1 aromatic carbocycles. The first-order chi connectivity index (χ1) is 16.8. The van der Waals surface area contributed by atoms with Gasteiger partial charge in [-0.1, -0.05) is 12.1 Å². The number of carbonyl (C=O) groups excluding carboxylic acids is 2. The van der Waals surface area contributed by atoms with Crippen molar-refractivity contribution in [2.45, 2.75) is 49.8 Å². The van der Waals surface area contributed by atoms with Gasteiger partial charge in [0.1, 0.15) is 0 Å². The van der Waals surface area contributed by atoms with Crippen LogP contribution in [0.15, 0.2) is 53.7 Å². The first-order valence-corrected chi connectivity index (χ1v) is 13.7.